The Morgan fingerprint density at radius 2 is 1.70 bits per heavy atom. The summed E-state index contributed by atoms with van der Waals surface area (Å²) in [5.41, 5.74) is 3.51. The Balaban J connectivity index is 1.69. The summed E-state index contributed by atoms with van der Waals surface area (Å²) in [6.07, 6.45) is 3.34. The van der Waals surface area contributed by atoms with Crippen molar-refractivity contribution >= 4 is 11.9 Å². The molecule has 27 heavy (non-hydrogen) atoms. The number of aryl methyl sites for hydroxylation is 2. The number of rotatable bonds is 10. The molecule has 0 aliphatic carbocycles. The molecule has 0 aromatic heterocycles. The zero-order valence-electron chi connectivity index (χ0n) is 15.9. The molecule has 0 bridgehead atoms. The molecule has 5 nitrogen and oxygen atoms in total. The Labute approximate surface area is 160 Å². The minimum absolute atomic E-state index is 0.0395. The van der Waals surface area contributed by atoms with Gasteiger partial charge in [-0.1, -0.05) is 42.0 Å². The summed E-state index contributed by atoms with van der Waals surface area (Å²) in [5.74, 6) is -0.476. The summed E-state index contributed by atoms with van der Waals surface area (Å²) < 4.78 is 5.10. The molecule has 2 N–H and O–H groups in total. The highest BCUT2D eigenvalue weighted by atomic mass is 16.5. The number of amides is 1. The summed E-state index contributed by atoms with van der Waals surface area (Å²) in [7, 11) is 0. The van der Waals surface area contributed by atoms with Gasteiger partial charge in [0.2, 0.25) is 5.91 Å². The van der Waals surface area contributed by atoms with E-state index in [2.05, 4.69) is 36.5 Å². The van der Waals surface area contributed by atoms with E-state index in [1.54, 1.807) is 12.1 Å². The number of ether oxygens (including phenoxy) is 1. The second-order valence-corrected chi connectivity index (χ2v) is 6.73. The summed E-state index contributed by atoms with van der Waals surface area (Å²) >= 11 is 0. The van der Waals surface area contributed by atoms with Gasteiger partial charge in [-0.2, -0.15) is 0 Å². The van der Waals surface area contributed by atoms with Crippen molar-refractivity contribution in [2.45, 2.75) is 45.6 Å². The van der Waals surface area contributed by atoms with E-state index in [9.17, 15) is 9.59 Å². The number of aliphatic carboxylic acids is 1. The SMILES string of the molecule is Cc1ccc(CCCCC(=O)NC(C)c2ccc(OCC(=O)O)cc2)cc1. The third-order valence-electron chi connectivity index (χ3n) is 4.36. The molecule has 0 saturated heterocycles. The summed E-state index contributed by atoms with van der Waals surface area (Å²) in [5, 5.41) is 11.6. The van der Waals surface area contributed by atoms with Crippen LogP contribution in [0.25, 0.3) is 0 Å². The largest absolute Gasteiger partial charge is 0.482 e. The molecule has 1 atom stereocenters. The van der Waals surface area contributed by atoms with Crippen LogP contribution in [0.1, 0.15) is 48.9 Å². The minimum Gasteiger partial charge on any atom is -0.482 e. The highest BCUT2D eigenvalue weighted by Crippen LogP contribution is 2.18. The molecule has 0 aliphatic heterocycles. The van der Waals surface area contributed by atoms with Crippen LogP contribution in [0.5, 0.6) is 5.75 Å². The molecule has 0 fully saturated rings. The van der Waals surface area contributed by atoms with Crippen LogP contribution < -0.4 is 10.1 Å². The zero-order valence-corrected chi connectivity index (χ0v) is 15.9. The van der Waals surface area contributed by atoms with E-state index in [0.717, 1.165) is 24.8 Å². The smallest absolute Gasteiger partial charge is 0.341 e. The van der Waals surface area contributed by atoms with Gasteiger partial charge in [-0.15, -0.1) is 0 Å². The fraction of sp³-hybridized carbons (Fsp3) is 0.364. The van der Waals surface area contributed by atoms with Gasteiger partial charge >= 0.3 is 5.97 Å². The second-order valence-electron chi connectivity index (χ2n) is 6.73. The Kier molecular flexibility index (Phi) is 7.86. The van der Waals surface area contributed by atoms with Crippen molar-refractivity contribution in [3.05, 3.63) is 65.2 Å². The Morgan fingerprint density at radius 1 is 1.04 bits per heavy atom. The number of carbonyl (C=O) groups excluding carboxylic acids is 1. The van der Waals surface area contributed by atoms with Gasteiger partial charge in [0.15, 0.2) is 6.61 Å². The Bertz CT molecular complexity index is 738. The summed E-state index contributed by atoms with van der Waals surface area (Å²) in [4.78, 5) is 22.6. The summed E-state index contributed by atoms with van der Waals surface area (Å²) in [6, 6.07) is 15.5. The number of carbonyl (C=O) groups is 2. The van der Waals surface area contributed by atoms with Crippen molar-refractivity contribution in [3.8, 4) is 5.75 Å². The molecule has 0 heterocycles. The molecule has 0 spiro atoms. The molecule has 5 heteroatoms. The van der Waals surface area contributed by atoms with Crippen molar-refractivity contribution in [2.24, 2.45) is 0 Å². The lowest BCUT2D eigenvalue weighted by Gasteiger charge is -2.15. The number of hydrogen-bond donors (Lipinski definition) is 2. The zero-order chi connectivity index (χ0) is 19.6. The van der Waals surface area contributed by atoms with Crippen LogP contribution in [0.2, 0.25) is 0 Å². The van der Waals surface area contributed by atoms with Gasteiger partial charge in [0.25, 0.3) is 0 Å². The minimum atomic E-state index is -1.01. The number of hydrogen-bond acceptors (Lipinski definition) is 3. The first-order chi connectivity index (χ1) is 12.9. The molecule has 2 rings (SSSR count). The monoisotopic (exact) mass is 369 g/mol. The predicted molar refractivity (Wildman–Crippen MR) is 105 cm³/mol. The lowest BCUT2D eigenvalue weighted by molar-refractivity contribution is -0.139. The highest BCUT2D eigenvalue weighted by molar-refractivity contribution is 5.76. The average molecular weight is 369 g/mol. The van der Waals surface area contributed by atoms with Crippen molar-refractivity contribution in [1.29, 1.82) is 0 Å². The van der Waals surface area contributed by atoms with E-state index in [4.69, 9.17) is 9.84 Å². The molecule has 0 radical (unpaired) electrons. The van der Waals surface area contributed by atoms with Crippen molar-refractivity contribution in [3.63, 3.8) is 0 Å². The fourth-order valence-corrected chi connectivity index (χ4v) is 2.76. The van der Waals surface area contributed by atoms with Gasteiger partial charge in [0, 0.05) is 6.42 Å². The molecular weight excluding hydrogens is 342 g/mol. The van der Waals surface area contributed by atoms with Crippen LogP contribution in [0.3, 0.4) is 0 Å². The number of carboxylic acids is 1. The Morgan fingerprint density at radius 3 is 2.33 bits per heavy atom. The maximum absolute atomic E-state index is 12.1. The predicted octanol–water partition coefficient (Wildman–Crippen LogP) is 4.05. The molecule has 2 aromatic carbocycles. The van der Waals surface area contributed by atoms with E-state index in [-0.39, 0.29) is 18.6 Å². The second kappa shape index (κ2) is 10.4. The number of benzene rings is 2. The van der Waals surface area contributed by atoms with Crippen molar-refractivity contribution in [2.75, 3.05) is 6.61 Å². The van der Waals surface area contributed by atoms with Gasteiger partial charge in [0.05, 0.1) is 6.04 Å². The first-order valence-corrected chi connectivity index (χ1v) is 9.23. The molecule has 0 aliphatic rings. The average Bonchev–Trinajstić information content (AvgIpc) is 2.65. The van der Waals surface area contributed by atoms with Crippen molar-refractivity contribution < 1.29 is 19.4 Å². The van der Waals surface area contributed by atoms with Crippen LogP contribution in [-0.4, -0.2) is 23.6 Å². The van der Waals surface area contributed by atoms with Gasteiger partial charge in [0.1, 0.15) is 5.75 Å². The molecule has 2 aromatic rings. The molecular formula is C22H27NO4. The van der Waals surface area contributed by atoms with Crippen LogP contribution in [-0.2, 0) is 16.0 Å². The molecule has 1 unspecified atom stereocenters. The topological polar surface area (TPSA) is 75.6 Å². The molecule has 1 amide bonds. The lowest BCUT2D eigenvalue weighted by Crippen LogP contribution is -2.26. The van der Waals surface area contributed by atoms with E-state index < -0.39 is 5.97 Å². The standard InChI is InChI=1S/C22H27NO4/c1-16-7-9-18(10-8-16)5-3-4-6-21(24)23-17(2)19-11-13-20(14-12-19)27-15-22(25)26/h7-14,17H,3-6,15H2,1-2H3,(H,23,24)(H,25,26). The number of nitrogens with one attached hydrogen (secondary N) is 1. The van der Waals surface area contributed by atoms with Gasteiger partial charge < -0.3 is 15.2 Å². The summed E-state index contributed by atoms with van der Waals surface area (Å²) in [6.45, 7) is 3.64. The molecule has 0 saturated carbocycles. The Hall–Kier alpha value is -2.82. The fourth-order valence-electron chi connectivity index (χ4n) is 2.76. The van der Waals surface area contributed by atoms with E-state index in [1.165, 1.54) is 11.1 Å². The van der Waals surface area contributed by atoms with Gasteiger partial charge in [-0.25, -0.2) is 4.79 Å². The van der Waals surface area contributed by atoms with Crippen LogP contribution in [0.4, 0.5) is 0 Å². The van der Waals surface area contributed by atoms with Gasteiger partial charge in [-0.3, -0.25) is 4.79 Å². The third-order valence-corrected chi connectivity index (χ3v) is 4.36. The van der Waals surface area contributed by atoms with Crippen LogP contribution >= 0.6 is 0 Å². The van der Waals surface area contributed by atoms with Crippen LogP contribution in [0, 0.1) is 6.92 Å². The third kappa shape index (κ3) is 7.52. The number of carboxylic acid groups (broad SMARTS) is 1. The van der Waals surface area contributed by atoms with E-state index in [1.807, 2.05) is 19.1 Å². The van der Waals surface area contributed by atoms with Gasteiger partial charge in [-0.05, 0) is 56.4 Å². The maximum Gasteiger partial charge on any atom is 0.341 e. The van der Waals surface area contributed by atoms with Crippen LogP contribution in [0.15, 0.2) is 48.5 Å². The first kappa shape index (κ1) is 20.5. The quantitative estimate of drug-likeness (QED) is 0.620. The van der Waals surface area contributed by atoms with E-state index in [0.29, 0.717) is 12.2 Å². The number of unbranched alkanes of at least 4 members (excludes halogenated alkanes) is 1. The normalized spacial score (nSPS) is 11.6. The van der Waals surface area contributed by atoms with Crippen molar-refractivity contribution in [1.82, 2.24) is 5.32 Å². The van der Waals surface area contributed by atoms with E-state index >= 15 is 0 Å². The first-order valence-electron chi connectivity index (χ1n) is 9.23. The lowest BCUT2D eigenvalue weighted by atomic mass is 10.0. The maximum atomic E-state index is 12.1. The molecule has 144 valence electrons. The highest BCUT2D eigenvalue weighted by Gasteiger charge is 2.10.